The van der Waals surface area contributed by atoms with E-state index in [-0.39, 0.29) is 0 Å². The van der Waals surface area contributed by atoms with Crippen molar-refractivity contribution in [1.82, 2.24) is 4.98 Å². The van der Waals surface area contributed by atoms with E-state index in [2.05, 4.69) is 16.4 Å². The van der Waals surface area contributed by atoms with Crippen molar-refractivity contribution in [3.8, 4) is 0 Å². The number of carbonyl (C=O) groups is 1. The van der Waals surface area contributed by atoms with Crippen LogP contribution in [0.2, 0.25) is 0 Å². The number of aromatic nitrogens is 1. The SMILES string of the molecule is Cc1ccc2nc(Nc3ccc(C(N)=O)cc3N)sc2c1. The van der Waals surface area contributed by atoms with Crippen LogP contribution in [-0.4, -0.2) is 10.9 Å². The second-order valence-electron chi connectivity index (χ2n) is 4.78. The van der Waals surface area contributed by atoms with E-state index in [4.69, 9.17) is 11.5 Å². The van der Waals surface area contributed by atoms with E-state index in [1.807, 2.05) is 19.1 Å². The molecule has 0 bridgehead atoms. The van der Waals surface area contributed by atoms with Crippen molar-refractivity contribution in [3.63, 3.8) is 0 Å². The number of amides is 1. The average molecular weight is 298 g/mol. The maximum atomic E-state index is 11.1. The van der Waals surface area contributed by atoms with Crippen LogP contribution in [0.3, 0.4) is 0 Å². The number of nitrogens with two attached hydrogens (primary N) is 2. The number of nitrogens with zero attached hydrogens (tertiary/aromatic N) is 1. The van der Waals surface area contributed by atoms with Gasteiger partial charge in [-0.25, -0.2) is 4.98 Å². The molecule has 0 saturated heterocycles. The zero-order chi connectivity index (χ0) is 15.0. The second kappa shape index (κ2) is 5.06. The molecule has 1 heterocycles. The molecule has 1 amide bonds. The van der Waals surface area contributed by atoms with Crippen LogP contribution in [0.1, 0.15) is 15.9 Å². The Morgan fingerprint density at radius 1 is 1.24 bits per heavy atom. The summed E-state index contributed by atoms with van der Waals surface area (Å²) in [7, 11) is 0. The smallest absolute Gasteiger partial charge is 0.248 e. The van der Waals surface area contributed by atoms with Crippen LogP contribution in [0.25, 0.3) is 10.2 Å². The Kier molecular flexibility index (Phi) is 3.23. The van der Waals surface area contributed by atoms with Crippen molar-refractivity contribution in [2.75, 3.05) is 11.1 Å². The monoisotopic (exact) mass is 298 g/mol. The minimum Gasteiger partial charge on any atom is -0.397 e. The number of anilines is 3. The van der Waals surface area contributed by atoms with Gasteiger partial charge in [0, 0.05) is 5.56 Å². The molecule has 21 heavy (non-hydrogen) atoms. The van der Waals surface area contributed by atoms with Gasteiger partial charge in [-0.05, 0) is 42.8 Å². The largest absolute Gasteiger partial charge is 0.397 e. The lowest BCUT2D eigenvalue weighted by atomic mass is 10.1. The van der Waals surface area contributed by atoms with Gasteiger partial charge in [0.25, 0.3) is 0 Å². The number of hydrogen-bond acceptors (Lipinski definition) is 5. The summed E-state index contributed by atoms with van der Waals surface area (Å²) >= 11 is 1.56. The maximum absolute atomic E-state index is 11.1. The molecule has 0 atom stereocenters. The minimum atomic E-state index is -0.497. The Morgan fingerprint density at radius 2 is 2.05 bits per heavy atom. The summed E-state index contributed by atoms with van der Waals surface area (Å²) in [6.45, 7) is 2.05. The van der Waals surface area contributed by atoms with Crippen LogP contribution in [-0.2, 0) is 0 Å². The second-order valence-corrected chi connectivity index (χ2v) is 5.81. The Labute approximate surface area is 125 Å². The number of rotatable bonds is 3. The highest BCUT2D eigenvalue weighted by Gasteiger charge is 2.08. The molecule has 3 rings (SSSR count). The molecule has 0 fully saturated rings. The lowest BCUT2D eigenvalue weighted by molar-refractivity contribution is 0.100. The zero-order valence-electron chi connectivity index (χ0n) is 11.4. The Morgan fingerprint density at radius 3 is 2.76 bits per heavy atom. The highest BCUT2D eigenvalue weighted by atomic mass is 32.1. The van der Waals surface area contributed by atoms with Gasteiger partial charge < -0.3 is 16.8 Å². The zero-order valence-corrected chi connectivity index (χ0v) is 12.2. The summed E-state index contributed by atoms with van der Waals surface area (Å²) in [5.74, 6) is -0.497. The van der Waals surface area contributed by atoms with Crippen molar-refractivity contribution in [1.29, 1.82) is 0 Å². The van der Waals surface area contributed by atoms with Crippen LogP contribution < -0.4 is 16.8 Å². The number of aryl methyl sites for hydroxylation is 1. The molecule has 5 nitrogen and oxygen atoms in total. The lowest BCUT2D eigenvalue weighted by Gasteiger charge is -2.07. The maximum Gasteiger partial charge on any atom is 0.248 e. The lowest BCUT2D eigenvalue weighted by Crippen LogP contribution is -2.11. The number of nitrogen functional groups attached to an aromatic ring is 1. The highest BCUT2D eigenvalue weighted by molar-refractivity contribution is 7.22. The Balaban J connectivity index is 1.93. The van der Waals surface area contributed by atoms with E-state index in [1.165, 1.54) is 5.56 Å². The standard InChI is InChI=1S/C15H14N4OS/c1-8-2-4-12-13(6-8)21-15(19-12)18-11-5-3-9(14(17)20)7-10(11)16/h2-7H,16H2,1H3,(H2,17,20)(H,18,19). The first-order valence-electron chi connectivity index (χ1n) is 6.36. The van der Waals surface area contributed by atoms with Crippen LogP contribution in [0, 0.1) is 6.92 Å². The molecule has 3 aromatic rings. The van der Waals surface area contributed by atoms with Gasteiger partial charge in [-0.3, -0.25) is 4.79 Å². The molecule has 2 aromatic carbocycles. The summed E-state index contributed by atoms with van der Waals surface area (Å²) in [6, 6.07) is 11.0. The molecule has 0 aliphatic carbocycles. The van der Waals surface area contributed by atoms with Crippen molar-refractivity contribution >= 4 is 44.0 Å². The average Bonchev–Trinajstić information content (AvgIpc) is 2.82. The minimum absolute atomic E-state index is 0.387. The number of fused-ring (bicyclic) bond motifs is 1. The predicted octanol–water partition coefficient (Wildman–Crippen LogP) is 3.03. The van der Waals surface area contributed by atoms with Crippen LogP contribution in [0.5, 0.6) is 0 Å². The van der Waals surface area contributed by atoms with Crippen molar-refractivity contribution in [2.45, 2.75) is 6.92 Å². The molecular formula is C15H14N4OS. The van der Waals surface area contributed by atoms with Crippen molar-refractivity contribution in [2.24, 2.45) is 5.73 Å². The van der Waals surface area contributed by atoms with Gasteiger partial charge in [0.15, 0.2) is 5.13 Å². The van der Waals surface area contributed by atoms with E-state index in [0.717, 1.165) is 15.3 Å². The van der Waals surface area contributed by atoms with Crippen LogP contribution in [0.15, 0.2) is 36.4 Å². The number of primary amides is 1. The fourth-order valence-electron chi connectivity index (χ4n) is 2.03. The van der Waals surface area contributed by atoms with E-state index >= 15 is 0 Å². The normalized spacial score (nSPS) is 10.7. The third kappa shape index (κ3) is 2.66. The molecule has 0 saturated carbocycles. The van der Waals surface area contributed by atoms with Gasteiger partial charge in [0.2, 0.25) is 5.91 Å². The number of hydrogen-bond donors (Lipinski definition) is 3. The summed E-state index contributed by atoms with van der Waals surface area (Å²) in [5, 5.41) is 3.94. The predicted molar refractivity (Wildman–Crippen MR) is 87.0 cm³/mol. The molecule has 106 valence electrons. The summed E-state index contributed by atoms with van der Waals surface area (Å²) in [6.07, 6.45) is 0. The molecule has 0 aliphatic heterocycles. The fraction of sp³-hybridized carbons (Fsp3) is 0.0667. The number of thiazole rings is 1. The Bertz CT molecular complexity index is 841. The molecular weight excluding hydrogens is 284 g/mol. The van der Waals surface area contributed by atoms with Crippen molar-refractivity contribution in [3.05, 3.63) is 47.5 Å². The molecule has 5 N–H and O–H groups in total. The summed E-state index contributed by atoms with van der Waals surface area (Å²) < 4.78 is 1.12. The quantitative estimate of drug-likeness (QED) is 0.648. The molecule has 0 unspecified atom stereocenters. The van der Waals surface area contributed by atoms with Crippen LogP contribution >= 0.6 is 11.3 Å². The van der Waals surface area contributed by atoms with Crippen LogP contribution in [0.4, 0.5) is 16.5 Å². The topological polar surface area (TPSA) is 94.0 Å². The van der Waals surface area contributed by atoms with Gasteiger partial charge in [0.05, 0.1) is 21.6 Å². The fourth-order valence-corrected chi connectivity index (χ4v) is 3.01. The summed E-state index contributed by atoms with van der Waals surface area (Å²) in [4.78, 5) is 15.6. The molecule has 1 aromatic heterocycles. The Hall–Kier alpha value is -2.60. The molecule has 6 heteroatoms. The van der Waals surface area contributed by atoms with E-state index in [9.17, 15) is 4.79 Å². The van der Waals surface area contributed by atoms with Gasteiger partial charge in [-0.15, -0.1) is 0 Å². The number of carbonyl (C=O) groups excluding carboxylic acids is 1. The van der Waals surface area contributed by atoms with Gasteiger partial charge >= 0.3 is 0 Å². The van der Waals surface area contributed by atoms with E-state index in [0.29, 0.717) is 16.9 Å². The first-order chi connectivity index (χ1) is 10.0. The third-order valence-corrected chi connectivity index (χ3v) is 4.06. The van der Waals surface area contributed by atoms with E-state index < -0.39 is 5.91 Å². The van der Waals surface area contributed by atoms with Gasteiger partial charge in [-0.2, -0.15) is 0 Å². The first kappa shape index (κ1) is 13.4. The highest BCUT2D eigenvalue weighted by Crippen LogP contribution is 2.31. The number of benzene rings is 2. The molecule has 0 spiro atoms. The number of nitrogens with one attached hydrogen (secondary N) is 1. The molecule has 0 aliphatic rings. The summed E-state index contributed by atoms with van der Waals surface area (Å²) in [5.41, 5.74) is 14.9. The molecule has 0 radical (unpaired) electrons. The van der Waals surface area contributed by atoms with E-state index in [1.54, 1.807) is 29.5 Å². The first-order valence-corrected chi connectivity index (χ1v) is 7.18. The van der Waals surface area contributed by atoms with Crippen molar-refractivity contribution < 1.29 is 4.79 Å². The third-order valence-electron chi connectivity index (χ3n) is 3.12. The van der Waals surface area contributed by atoms with Gasteiger partial charge in [0.1, 0.15) is 0 Å². The van der Waals surface area contributed by atoms with Gasteiger partial charge in [-0.1, -0.05) is 17.4 Å².